The van der Waals surface area contributed by atoms with Crippen molar-refractivity contribution in [1.82, 2.24) is 15.2 Å². The molecule has 0 atom stereocenters. The number of carbonyl (C=O) groups excluding carboxylic acids is 1. The molecule has 0 radical (unpaired) electrons. The normalized spacial score (nSPS) is 20.1. The van der Waals surface area contributed by atoms with E-state index in [9.17, 15) is 9.90 Å². The topological polar surface area (TPSA) is 65.5 Å². The first kappa shape index (κ1) is 13.4. The van der Waals surface area contributed by atoms with E-state index in [0.29, 0.717) is 11.6 Å². The summed E-state index contributed by atoms with van der Waals surface area (Å²) >= 11 is 0. The Bertz CT molecular complexity index is 480. The molecule has 3 rings (SSSR count). The van der Waals surface area contributed by atoms with Crippen molar-refractivity contribution in [1.29, 1.82) is 0 Å². The molecule has 2 heterocycles. The van der Waals surface area contributed by atoms with Crippen LogP contribution < -0.4 is 5.32 Å². The molecule has 20 heavy (non-hydrogen) atoms. The van der Waals surface area contributed by atoms with Gasteiger partial charge in [0, 0.05) is 25.3 Å². The monoisotopic (exact) mass is 275 g/mol. The lowest BCUT2D eigenvalue weighted by Crippen LogP contribution is -2.45. The van der Waals surface area contributed by atoms with Crippen molar-refractivity contribution >= 4 is 5.91 Å². The molecule has 108 valence electrons. The Kier molecular flexibility index (Phi) is 3.87. The predicted molar refractivity (Wildman–Crippen MR) is 75.6 cm³/mol. The molecule has 2 fully saturated rings. The van der Waals surface area contributed by atoms with Gasteiger partial charge in [-0.25, -0.2) is 0 Å². The fraction of sp³-hybridized carbons (Fsp3) is 0.600. The first-order valence-corrected chi connectivity index (χ1v) is 7.39. The average molecular weight is 275 g/mol. The van der Waals surface area contributed by atoms with Crippen LogP contribution in [0.4, 0.5) is 0 Å². The number of rotatable bonds is 4. The van der Waals surface area contributed by atoms with Crippen molar-refractivity contribution in [2.45, 2.75) is 31.7 Å². The molecule has 0 bridgehead atoms. The standard InChI is InChI=1S/C15H21N3O2/c19-14-7-12(9-16-10-14)15(20)18-5-3-13(4-6-18)17-8-11-1-2-11/h7,9-11,13,17,19H,1-6,8H2. The summed E-state index contributed by atoms with van der Waals surface area (Å²) in [4.78, 5) is 18.0. The quantitative estimate of drug-likeness (QED) is 0.871. The van der Waals surface area contributed by atoms with E-state index < -0.39 is 0 Å². The second-order valence-electron chi connectivity index (χ2n) is 5.85. The summed E-state index contributed by atoms with van der Waals surface area (Å²) in [6, 6.07) is 2.02. The Balaban J connectivity index is 1.50. The minimum Gasteiger partial charge on any atom is -0.506 e. The zero-order valence-corrected chi connectivity index (χ0v) is 11.6. The Morgan fingerprint density at radius 2 is 2.05 bits per heavy atom. The second-order valence-corrected chi connectivity index (χ2v) is 5.85. The van der Waals surface area contributed by atoms with Crippen molar-refractivity contribution in [2.24, 2.45) is 5.92 Å². The van der Waals surface area contributed by atoms with Crippen molar-refractivity contribution in [3.8, 4) is 5.75 Å². The third-order valence-corrected chi connectivity index (χ3v) is 4.15. The highest BCUT2D eigenvalue weighted by molar-refractivity contribution is 5.94. The highest BCUT2D eigenvalue weighted by Crippen LogP contribution is 2.28. The average Bonchev–Trinajstić information content (AvgIpc) is 3.29. The molecule has 1 amide bonds. The van der Waals surface area contributed by atoms with Crippen LogP contribution in [0, 0.1) is 5.92 Å². The number of hydrogen-bond acceptors (Lipinski definition) is 4. The van der Waals surface area contributed by atoms with Crippen LogP contribution in [0.3, 0.4) is 0 Å². The van der Waals surface area contributed by atoms with Gasteiger partial charge in [-0.3, -0.25) is 9.78 Å². The molecule has 5 nitrogen and oxygen atoms in total. The van der Waals surface area contributed by atoms with Crippen LogP contribution in [0.1, 0.15) is 36.0 Å². The van der Waals surface area contributed by atoms with Crippen molar-refractivity contribution < 1.29 is 9.90 Å². The van der Waals surface area contributed by atoms with E-state index in [1.54, 1.807) is 0 Å². The van der Waals surface area contributed by atoms with E-state index in [2.05, 4.69) is 10.3 Å². The lowest BCUT2D eigenvalue weighted by atomic mass is 10.0. The number of nitrogens with zero attached hydrogens (tertiary/aromatic N) is 2. The zero-order chi connectivity index (χ0) is 13.9. The highest BCUT2D eigenvalue weighted by atomic mass is 16.3. The number of likely N-dealkylation sites (tertiary alicyclic amines) is 1. The van der Waals surface area contributed by atoms with Crippen LogP contribution in [0.15, 0.2) is 18.5 Å². The first-order valence-electron chi connectivity index (χ1n) is 7.39. The molecular formula is C15H21N3O2. The minimum absolute atomic E-state index is 0.0333. The summed E-state index contributed by atoms with van der Waals surface area (Å²) in [5.74, 6) is 0.902. The molecule has 0 unspecified atom stereocenters. The third kappa shape index (κ3) is 3.28. The van der Waals surface area contributed by atoms with Gasteiger partial charge in [0.2, 0.25) is 0 Å². The molecule has 2 aliphatic rings. The number of nitrogens with one attached hydrogen (secondary N) is 1. The van der Waals surface area contributed by atoms with E-state index in [4.69, 9.17) is 0 Å². The van der Waals surface area contributed by atoms with E-state index in [-0.39, 0.29) is 11.7 Å². The van der Waals surface area contributed by atoms with Crippen LogP contribution in [0.5, 0.6) is 5.75 Å². The number of pyridine rings is 1. The largest absolute Gasteiger partial charge is 0.506 e. The second kappa shape index (κ2) is 5.79. The maximum absolute atomic E-state index is 12.3. The molecule has 1 aromatic heterocycles. The van der Waals surface area contributed by atoms with Crippen LogP contribution >= 0.6 is 0 Å². The van der Waals surface area contributed by atoms with Gasteiger partial charge in [-0.2, -0.15) is 0 Å². The van der Waals surface area contributed by atoms with Gasteiger partial charge in [0.25, 0.3) is 5.91 Å². The summed E-state index contributed by atoms with van der Waals surface area (Å²) < 4.78 is 0. The van der Waals surface area contributed by atoms with Crippen LogP contribution in [0.25, 0.3) is 0 Å². The molecule has 1 aliphatic carbocycles. The van der Waals surface area contributed by atoms with Gasteiger partial charge in [-0.1, -0.05) is 0 Å². The van der Waals surface area contributed by atoms with Gasteiger partial charge in [0.15, 0.2) is 0 Å². The smallest absolute Gasteiger partial charge is 0.255 e. The van der Waals surface area contributed by atoms with Crippen LogP contribution in [0.2, 0.25) is 0 Å². The molecule has 0 aromatic carbocycles. The summed E-state index contributed by atoms with van der Waals surface area (Å²) in [7, 11) is 0. The molecule has 1 aromatic rings. The van der Waals surface area contributed by atoms with Gasteiger partial charge in [-0.05, 0) is 44.2 Å². The van der Waals surface area contributed by atoms with Gasteiger partial charge in [-0.15, -0.1) is 0 Å². The lowest BCUT2D eigenvalue weighted by Gasteiger charge is -2.32. The van der Waals surface area contributed by atoms with Crippen LogP contribution in [-0.2, 0) is 0 Å². The summed E-state index contributed by atoms with van der Waals surface area (Å²) in [5, 5.41) is 13.0. The summed E-state index contributed by atoms with van der Waals surface area (Å²) in [5.41, 5.74) is 0.467. The molecule has 5 heteroatoms. The van der Waals surface area contributed by atoms with Gasteiger partial charge < -0.3 is 15.3 Å². The molecule has 1 saturated carbocycles. The Morgan fingerprint density at radius 1 is 1.30 bits per heavy atom. The molecule has 1 aliphatic heterocycles. The Morgan fingerprint density at radius 3 is 2.70 bits per heavy atom. The molecular weight excluding hydrogens is 254 g/mol. The van der Waals surface area contributed by atoms with E-state index in [1.807, 2.05) is 4.90 Å². The molecule has 0 spiro atoms. The lowest BCUT2D eigenvalue weighted by molar-refractivity contribution is 0.0704. The fourth-order valence-electron chi connectivity index (χ4n) is 2.67. The predicted octanol–water partition coefficient (Wildman–Crippen LogP) is 1.39. The maximum Gasteiger partial charge on any atom is 0.255 e. The van der Waals surface area contributed by atoms with Gasteiger partial charge in [0.05, 0.1) is 11.8 Å². The summed E-state index contributed by atoms with van der Waals surface area (Å²) in [6.07, 6.45) is 7.60. The Hall–Kier alpha value is -1.62. The van der Waals surface area contributed by atoms with E-state index in [0.717, 1.165) is 38.4 Å². The summed E-state index contributed by atoms with van der Waals surface area (Å²) in [6.45, 7) is 2.68. The Labute approximate surface area is 119 Å². The number of aromatic nitrogens is 1. The minimum atomic E-state index is -0.0333. The van der Waals surface area contributed by atoms with Crippen molar-refractivity contribution in [2.75, 3.05) is 19.6 Å². The third-order valence-electron chi connectivity index (χ3n) is 4.15. The maximum atomic E-state index is 12.3. The molecule has 1 saturated heterocycles. The van der Waals surface area contributed by atoms with E-state index >= 15 is 0 Å². The number of carbonyl (C=O) groups is 1. The van der Waals surface area contributed by atoms with Gasteiger partial charge in [0.1, 0.15) is 5.75 Å². The molecule has 2 N–H and O–H groups in total. The zero-order valence-electron chi connectivity index (χ0n) is 11.6. The van der Waals surface area contributed by atoms with E-state index in [1.165, 1.54) is 31.3 Å². The number of aromatic hydroxyl groups is 1. The highest BCUT2D eigenvalue weighted by Gasteiger charge is 2.26. The number of hydrogen-bond donors (Lipinski definition) is 2. The fourth-order valence-corrected chi connectivity index (χ4v) is 2.67. The number of amides is 1. The van der Waals surface area contributed by atoms with Crippen molar-refractivity contribution in [3.05, 3.63) is 24.0 Å². The SMILES string of the molecule is O=C(c1cncc(O)c1)N1CCC(NCC2CC2)CC1. The van der Waals surface area contributed by atoms with Gasteiger partial charge >= 0.3 is 0 Å². The number of piperidine rings is 1. The van der Waals surface area contributed by atoms with Crippen molar-refractivity contribution in [3.63, 3.8) is 0 Å². The first-order chi connectivity index (χ1) is 9.72. The van der Waals surface area contributed by atoms with Crippen LogP contribution in [-0.4, -0.2) is 46.6 Å².